The number of nitrogens with one attached hydrogen (secondary N) is 1. The second kappa shape index (κ2) is 20.6. The van der Waals surface area contributed by atoms with Crippen molar-refractivity contribution in [2.75, 3.05) is 26.9 Å². The first kappa shape index (κ1) is 37.8. The van der Waals surface area contributed by atoms with Crippen LogP contribution in [0.1, 0.15) is 96.1 Å². The zero-order valence-corrected chi connectivity index (χ0v) is 28.1. The monoisotopic (exact) mass is 634 g/mol. The van der Waals surface area contributed by atoms with Gasteiger partial charge in [-0.2, -0.15) is 5.09 Å². The molecule has 9 nitrogen and oxygen atoms in total. The van der Waals surface area contributed by atoms with Crippen LogP contribution in [-0.4, -0.2) is 49.6 Å². The summed E-state index contributed by atoms with van der Waals surface area (Å²) in [5, 5.41) is 12.9. The third kappa shape index (κ3) is 14.6. The summed E-state index contributed by atoms with van der Waals surface area (Å²) < 4.78 is 36.0. The van der Waals surface area contributed by atoms with Crippen molar-refractivity contribution in [3.8, 4) is 11.5 Å². The molecule has 0 aliphatic heterocycles. The number of carbonyl (C=O) groups excluding carboxylic acids is 1. The van der Waals surface area contributed by atoms with Crippen LogP contribution in [0.25, 0.3) is 0 Å². The Hall–Kier alpha value is -2.42. The zero-order chi connectivity index (χ0) is 32.3. The number of hydrogen-bond donors (Lipinski definition) is 3. The third-order valence-corrected chi connectivity index (χ3v) is 9.20. The Morgan fingerprint density at radius 3 is 2.07 bits per heavy atom. The van der Waals surface area contributed by atoms with Gasteiger partial charge in [-0.05, 0) is 74.4 Å². The van der Waals surface area contributed by atoms with E-state index in [9.17, 15) is 14.5 Å². The van der Waals surface area contributed by atoms with Crippen molar-refractivity contribution in [1.29, 1.82) is 0 Å². The van der Waals surface area contributed by atoms with Crippen molar-refractivity contribution in [2.24, 2.45) is 5.73 Å². The Labute approximate surface area is 264 Å². The number of unbranched alkanes of at least 4 members (excludes halogenated alkanes) is 7. The molecule has 2 aromatic rings. The summed E-state index contributed by atoms with van der Waals surface area (Å²) in [4.78, 5) is 12.6. The molecule has 4 N–H and O–H groups in total. The number of ether oxygens (including phenoxy) is 2. The molecule has 0 fully saturated rings. The van der Waals surface area contributed by atoms with Crippen molar-refractivity contribution in [1.82, 2.24) is 5.09 Å². The molecule has 0 aliphatic carbocycles. The number of methoxy groups -OCH3 is 1. The topological polar surface area (TPSA) is 129 Å². The first-order valence-electron chi connectivity index (χ1n) is 16.2. The summed E-state index contributed by atoms with van der Waals surface area (Å²) >= 11 is 0. The highest BCUT2D eigenvalue weighted by Crippen LogP contribution is 2.46. The van der Waals surface area contributed by atoms with Gasteiger partial charge in [0.05, 0.1) is 32.5 Å². The van der Waals surface area contributed by atoms with Gasteiger partial charge in [-0.1, -0.05) is 83.1 Å². The Balaban J connectivity index is 2.00. The van der Waals surface area contributed by atoms with E-state index in [2.05, 4.69) is 43.2 Å². The van der Waals surface area contributed by atoms with Crippen molar-refractivity contribution in [3.05, 3.63) is 59.7 Å². The van der Waals surface area contributed by atoms with Crippen LogP contribution in [0.2, 0.25) is 0 Å². The van der Waals surface area contributed by atoms with E-state index in [4.69, 9.17) is 24.3 Å². The maximum absolute atomic E-state index is 13.9. The minimum atomic E-state index is -4.13. The van der Waals surface area contributed by atoms with Crippen LogP contribution in [0.4, 0.5) is 0 Å². The summed E-state index contributed by atoms with van der Waals surface area (Å²) in [5.74, 6) is 0.281. The van der Waals surface area contributed by atoms with Gasteiger partial charge in [-0.15, -0.1) is 0 Å². The normalized spacial score (nSPS) is 14.8. The van der Waals surface area contributed by atoms with E-state index < -0.39 is 25.3 Å². The lowest BCUT2D eigenvalue weighted by Crippen LogP contribution is -2.49. The van der Waals surface area contributed by atoms with Crippen molar-refractivity contribution < 1.29 is 33.0 Å². The van der Waals surface area contributed by atoms with Gasteiger partial charge in [-0.3, -0.25) is 9.32 Å². The van der Waals surface area contributed by atoms with Gasteiger partial charge in [0.1, 0.15) is 17.5 Å². The van der Waals surface area contributed by atoms with E-state index in [1.807, 2.05) is 0 Å². The highest BCUT2D eigenvalue weighted by molar-refractivity contribution is 7.52. The highest BCUT2D eigenvalue weighted by Gasteiger charge is 2.36. The quantitative estimate of drug-likeness (QED) is 0.0627. The molecule has 0 amide bonds. The van der Waals surface area contributed by atoms with Gasteiger partial charge in [0, 0.05) is 0 Å². The van der Waals surface area contributed by atoms with E-state index in [1.54, 1.807) is 31.4 Å². The fraction of sp³-hybridized carbons (Fsp3) is 0.618. The van der Waals surface area contributed by atoms with Gasteiger partial charge >= 0.3 is 13.7 Å². The molecular formula is C34H55N2O7P. The maximum Gasteiger partial charge on any atom is 0.459 e. The number of aryl methyl sites for hydroxylation is 2. The van der Waals surface area contributed by atoms with Gasteiger partial charge in [0.2, 0.25) is 0 Å². The molecular weight excluding hydrogens is 579 g/mol. The molecule has 0 bridgehead atoms. The van der Waals surface area contributed by atoms with Crippen LogP contribution in [-0.2, 0) is 31.5 Å². The SMILES string of the molecule is CCCCCCCCc1ccc(CCC(N)(CO)COP(=O)(N[C@@H](C)C(=O)OCCCCC)Oc2ccc(OC)cc2)cc1. The van der Waals surface area contributed by atoms with Gasteiger partial charge < -0.3 is 24.8 Å². The molecule has 0 spiro atoms. The van der Waals surface area contributed by atoms with E-state index in [-0.39, 0.29) is 25.6 Å². The van der Waals surface area contributed by atoms with E-state index in [0.717, 1.165) is 31.2 Å². The fourth-order valence-electron chi connectivity index (χ4n) is 4.59. The number of carbonyl (C=O) groups is 1. The van der Waals surface area contributed by atoms with Gasteiger partial charge in [0.15, 0.2) is 0 Å². The maximum atomic E-state index is 13.9. The van der Waals surface area contributed by atoms with Gasteiger partial charge in [0.25, 0.3) is 0 Å². The fourth-order valence-corrected chi connectivity index (χ4v) is 6.18. The average Bonchev–Trinajstić information content (AvgIpc) is 3.03. The van der Waals surface area contributed by atoms with Crippen LogP contribution in [0.5, 0.6) is 11.5 Å². The summed E-state index contributed by atoms with van der Waals surface area (Å²) in [7, 11) is -2.59. The largest absolute Gasteiger partial charge is 0.497 e. The van der Waals surface area contributed by atoms with Crippen LogP contribution < -0.4 is 20.1 Å². The lowest BCUT2D eigenvalue weighted by atomic mass is 9.93. The van der Waals surface area contributed by atoms with E-state index >= 15 is 0 Å². The number of rotatable bonds is 24. The Kier molecular flexibility index (Phi) is 17.7. The number of nitrogens with two attached hydrogens (primary N) is 1. The predicted octanol–water partition coefficient (Wildman–Crippen LogP) is 7.14. The van der Waals surface area contributed by atoms with Crippen LogP contribution >= 0.6 is 7.75 Å². The van der Waals surface area contributed by atoms with Gasteiger partial charge in [-0.25, -0.2) is 4.57 Å². The second-order valence-electron chi connectivity index (χ2n) is 11.6. The van der Waals surface area contributed by atoms with E-state index in [1.165, 1.54) is 51.0 Å². The molecule has 0 heterocycles. The summed E-state index contributed by atoms with van der Waals surface area (Å²) in [6.45, 7) is 5.45. The smallest absolute Gasteiger partial charge is 0.459 e. The van der Waals surface area contributed by atoms with Crippen LogP contribution in [0.3, 0.4) is 0 Å². The lowest BCUT2D eigenvalue weighted by molar-refractivity contribution is -0.145. The lowest BCUT2D eigenvalue weighted by Gasteiger charge is -2.30. The number of hydrogen-bond acceptors (Lipinski definition) is 8. The molecule has 248 valence electrons. The number of aliphatic hydroxyl groups excluding tert-OH is 1. The average molecular weight is 635 g/mol. The molecule has 2 aromatic carbocycles. The van der Waals surface area contributed by atoms with Crippen molar-refractivity contribution in [3.63, 3.8) is 0 Å². The molecule has 0 saturated carbocycles. The molecule has 0 radical (unpaired) electrons. The van der Waals surface area contributed by atoms with E-state index in [0.29, 0.717) is 18.6 Å². The summed E-state index contributed by atoms with van der Waals surface area (Å²) in [5.41, 5.74) is 7.74. The first-order valence-corrected chi connectivity index (χ1v) is 17.7. The molecule has 0 aromatic heterocycles. The molecule has 2 unspecified atom stereocenters. The van der Waals surface area contributed by atoms with Crippen molar-refractivity contribution >= 4 is 13.7 Å². The minimum Gasteiger partial charge on any atom is -0.497 e. The van der Waals surface area contributed by atoms with Crippen LogP contribution in [0, 0.1) is 0 Å². The first-order chi connectivity index (χ1) is 21.2. The second-order valence-corrected chi connectivity index (χ2v) is 13.3. The minimum absolute atomic E-state index is 0.248. The van der Waals surface area contributed by atoms with Crippen LogP contribution in [0.15, 0.2) is 48.5 Å². The van der Waals surface area contributed by atoms with Crippen molar-refractivity contribution in [2.45, 2.75) is 109 Å². The summed E-state index contributed by atoms with van der Waals surface area (Å²) in [6, 6.07) is 14.0. The molecule has 0 aliphatic rings. The molecule has 0 saturated heterocycles. The molecule has 2 rings (SSSR count). The molecule has 10 heteroatoms. The highest BCUT2D eigenvalue weighted by atomic mass is 31.2. The number of benzene rings is 2. The Morgan fingerprint density at radius 1 is 0.886 bits per heavy atom. The Morgan fingerprint density at radius 2 is 1.45 bits per heavy atom. The standard InChI is InChI=1S/C34H55N2O7P/c1-5-7-9-10-11-12-14-29-15-17-30(18-16-29)23-24-34(35,26-37)27-42-44(39,43-32-21-19-31(40-4)20-22-32)36-28(3)33(38)41-25-13-8-6-2/h15-22,28,37H,5-14,23-27,35H2,1-4H3,(H,36,39)/t28-,34?,44?/m0/s1. The number of aliphatic hydroxyl groups is 1. The molecule has 44 heavy (non-hydrogen) atoms. The predicted molar refractivity (Wildman–Crippen MR) is 176 cm³/mol. The summed E-state index contributed by atoms with van der Waals surface area (Å²) in [6.07, 6.45) is 12.4. The molecule has 3 atom stereocenters. The zero-order valence-electron chi connectivity index (χ0n) is 27.2. The third-order valence-electron chi connectivity index (χ3n) is 7.57. The number of esters is 1. The Bertz CT molecular complexity index is 1110.